The Balaban J connectivity index is 2.22. The molecule has 0 bridgehead atoms. The first-order valence-corrected chi connectivity index (χ1v) is 6.09. The topological polar surface area (TPSA) is 47.8 Å². The third-order valence-corrected chi connectivity index (χ3v) is 2.99. The van der Waals surface area contributed by atoms with E-state index >= 15 is 0 Å². The SMILES string of the molecule is CCn1ccnc1CC(=O)c1ccc(C)nc1C. The quantitative estimate of drug-likeness (QED) is 0.774. The highest BCUT2D eigenvalue weighted by atomic mass is 16.1. The van der Waals surface area contributed by atoms with Crippen molar-refractivity contribution < 1.29 is 4.79 Å². The lowest BCUT2D eigenvalue weighted by Crippen LogP contribution is -2.11. The molecule has 4 nitrogen and oxygen atoms in total. The Kier molecular flexibility index (Phi) is 3.55. The minimum Gasteiger partial charge on any atom is -0.335 e. The summed E-state index contributed by atoms with van der Waals surface area (Å²) in [5, 5.41) is 0. The molecule has 0 aliphatic heterocycles. The van der Waals surface area contributed by atoms with Crippen LogP contribution in [-0.4, -0.2) is 20.3 Å². The van der Waals surface area contributed by atoms with Crippen LogP contribution in [0, 0.1) is 13.8 Å². The summed E-state index contributed by atoms with van der Waals surface area (Å²) in [6.07, 6.45) is 3.95. The summed E-state index contributed by atoms with van der Waals surface area (Å²) in [7, 11) is 0. The summed E-state index contributed by atoms with van der Waals surface area (Å²) in [6.45, 7) is 6.65. The van der Waals surface area contributed by atoms with Crippen LogP contribution in [-0.2, 0) is 13.0 Å². The van der Waals surface area contributed by atoms with Crippen LogP contribution in [0.4, 0.5) is 0 Å². The number of ketones is 1. The molecule has 2 rings (SSSR count). The van der Waals surface area contributed by atoms with Gasteiger partial charge in [-0.15, -0.1) is 0 Å². The van der Waals surface area contributed by atoms with Crippen molar-refractivity contribution in [1.82, 2.24) is 14.5 Å². The lowest BCUT2D eigenvalue weighted by Gasteiger charge is -2.06. The fraction of sp³-hybridized carbons (Fsp3) is 0.357. The average molecular weight is 243 g/mol. The van der Waals surface area contributed by atoms with Crippen molar-refractivity contribution >= 4 is 5.78 Å². The van der Waals surface area contributed by atoms with Gasteiger partial charge in [0.25, 0.3) is 0 Å². The second-order valence-electron chi connectivity index (χ2n) is 4.32. The van der Waals surface area contributed by atoms with Crippen LogP contribution in [0.25, 0.3) is 0 Å². The summed E-state index contributed by atoms with van der Waals surface area (Å²) < 4.78 is 1.98. The van der Waals surface area contributed by atoms with Crippen molar-refractivity contribution in [2.45, 2.75) is 33.7 Å². The fourth-order valence-electron chi connectivity index (χ4n) is 2.02. The van der Waals surface area contributed by atoms with Gasteiger partial charge < -0.3 is 4.57 Å². The molecule has 0 N–H and O–H groups in total. The number of imidazole rings is 1. The number of carbonyl (C=O) groups excluding carboxylic acids is 1. The molecule has 94 valence electrons. The lowest BCUT2D eigenvalue weighted by molar-refractivity contribution is 0.0989. The molecule has 0 aromatic carbocycles. The second-order valence-corrected chi connectivity index (χ2v) is 4.32. The number of Topliss-reactive ketones (excluding diaryl/α,β-unsaturated/α-hetero) is 1. The predicted molar refractivity (Wildman–Crippen MR) is 69.6 cm³/mol. The Morgan fingerprint density at radius 1 is 1.33 bits per heavy atom. The zero-order valence-electron chi connectivity index (χ0n) is 11.0. The number of aryl methyl sites for hydroxylation is 3. The van der Waals surface area contributed by atoms with Crippen molar-refractivity contribution in [2.24, 2.45) is 0 Å². The largest absolute Gasteiger partial charge is 0.335 e. The average Bonchev–Trinajstić information content (AvgIpc) is 2.76. The van der Waals surface area contributed by atoms with E-state index in [1.54, 1.807) is 6.20 Å². The van der Waals surface area contributed by atoms with E-state index < -0.39 is 0 Å². The molecule has 0 aliphatic rings. The standard InChI is InChI=1S/C14H17N3O/c1-4-17-8-7-15-14(17)9-13(18)12-6-5-10(2)16-11(12)3/h5-8H,4,9H2,1-3H3. The van der Waals surface area contributed by atoms with E-state index in [0.717, 1.165) is 23.8 Å². The number of aromatic nitrogens is 3. The van der Waals surface area contributed by atoms with Crippen molar-refractivity contribution in [3.05, 3.63) is 47.3 Å². The summed E-state index contributed by atoms with van der Waals surface area (Å²) in [4.78, 5) is 20.8. The van der Waals surface area contributed by atoms with Gasteiger partial charge in [0.05, 0.1) is 6.42 Å². The maximum Gasteiger partial charge on any atom is 0.172 e. The van der Waals surface area contributed by atoms with Crippen molar-refractivity contribution in [3.8, 4) is 0 Å². The highest BCUT2D eigenvalue weighted by Gasteiger charge is 2.13. The molecule has 0 saturated carbocycles. The molecule has 0 atom stereocenters. The summed E-state index contributed by atoms with van der Waals surface area (Å²) >= 11 is 0. The fourth-order valence-corrected chi connectivity index (χ4v) is 2.02. The number of carbonyl (C=O) groups is 1. The molecule has 18 heavy (non-hydrogen) atoms. The van der Waals surface area contributed by atoms with E-state index in [4.69, 9.17) is 0 Å². The number of rotatable bonds is 4. The van der Waals surface area contributed by atoms with Crippen molar-refractivity contribution in [1.29, 1.82) is 0 Å². The van der Waals surface area contributed by atoms with E-state index in [9.17, 15) is 4.79 Å². The van der Waals surface area contributed by atoms with Crippen LogP contribution in [0.5, 0.6) is 0 Å². The van der Waals surface area contributed by atoms with Crippen molar-refractivity contribution in [3.63, 3.8) is 0 Å². The zero-order valence-corrected chi connectivity index (χ0v) is 11.0. The first-order chi connectivity index (χ1) is 8.61. The highest BCUT2D eigenvalue weighted by molar-refractivity contribution is 5.98. The van der Waals surface area contributed by atoms with E-state index in [2.05, 4.69) is 9.97 Å². The summed E-state index contributed by atoms with van der Waals surface area (Å²) in [5.74, 6) is 0.878. The van der Waals surface area contributed by atoms with E-state index in [0.29, 0.717) is 12.0 Å². The number of hydrogen-bond donors (Lipinski definition) is 0. The van der Waals surface area contributed by atoms with Gasteiger partial charge in [0.1, 0.15) is 5.82 Å². The maximum atomic E-state index is 12.2. The van der Waals surface area contributed by atoms with Gasteiger partial charge in [-0.1, -0.05) is 0 Å². The highest BCUT2D eigenvalue weighted by Crippen LogP contribution is 2.10. The molecule has 4 heteroatoms. The molecule has 0 fully saturated rings. The van der Waals surface area contributed by atoms with Crippen LogP contribution in [0.3, 0.4) is 0 Å². The Hall–Kier alpha value is -1.97. The Morgan fingerprint density at radius 2 is 2.11 bits per heavy atom. The van der Waals surface area contributed by atoms with Gasteiger partial charge in [0, 0.05) is 35.9 Å². The van der Waals surface area contributed by atoms with Crippen LogP contribution in [0.1, 0.15) is 34.5 Å². The molecule has 0 spiro atoms. The zero-order chi connectivity index (χ0) is 13.1. The van der Waals surface area contributed by atoms with E-state index in [1.807, 2.05) is 43.7 Å². The number of pyridine rings is 1. The number of nitrogens with zero attached hydrogens (tertiary/aromatic N) is 3. The molecule has 2 aromatic heterocycles. The monoisotopic (exact) mass is 243 g/mol. The Morgan fingerprint density at radius 3 is 2.78 bits per heavy atom. The van der Waals surface area contributed by atoms with Gasteiger partial charge in [-0.05, 0) is 32.9 Å². The molecule has 0 unspecified atom stereocenters. The molecule has 0 aliphatic carbocycles. The Bertz CT molecular complexity index is 572. The molecule has 2 heterocycles. The molecule has 0 amide bonds. The third kappa shape index (κ3) is 2.47. The smallest absolute Gasteiger partial charge is 0.172 e. The Labute approximate surface area is 107 Å². The van der Waals surface area contributed by atoms with Crippen LogP contribution < -0.4 is 0 Å². The van der Waals surface area contributed by atoms with E-state index in [-0.39, 0.29) is 5.78 Å². The molecular formula is C14H17N3O. The molecule has 2 aromatic rings. The van der Waals surface area contributed by atoms with Crippen LogP contribution >= 0.6 is 0 Å². The van der Waals surface area contributed by atoms with Gasteiger partial charge >= 0.3 is 0 Å². The van der Waals surface area contributed by atoms with Gasteiger partial charge in [0.2, 0.25) is 0 Å². The third-order valence-electron chi connectivity index (χ3n) is 2.99. The number of hydrogen-bond acceptors (Lipinski definition) is 3. The minimum absolute atomic E-state index is 0.0703. The first-order valence-electron chi connectivity index (χ1n) is 6.09. The first kappa shape index (κ1) is 12.5. The summed E-state index contributed by atoms with van der Waals surface area (Å²) in [5.41, 5.74) is 2.40. The van der Waals surface area contributed by atoms with Crippen LogP contribution in [0.15, 0.2) is 24.5 Å². The second kappa shape index (κ2) is 5.12. The van der Waals surface area contributed by atoms with Gasteiger partial charge in [0.15, 0.2) is 5.78 Å². The molecule has 0 radical (unpaired) electrons. The van der Waals surface area contributed by atoms with Gasteiger partial charge in [-0.3, -0.25) is 9.78 Å². The van der Waals surface area contributed by atoms with Gasteiger partial charge in [-0.2, -0.15) is 0 Å². The maximum absolute atomic E-state index is 12.2. The normalized spacial score (nSPS) is 10.6. The summed E-state index contributed by atoms with van der Waals surface area (Å²) in [6, 6.07) is 3.71. The minimum atomic E-state index is 0.0703. The molecule has 0 saturated heterocycles. The lowest BCUT2D eigenvalue weighted by atomic mass is 10.1. The molecular weight excluding hydrogens is 226 g/mol. The van der Waals surface area contributed by atoms with E-state index in [1.165, 1.54) is 0 Å². The van der Waals surface area contributed by atoms with Crippen LogP contribution in [0.2, 0.25) is 0 Å². The van der Waals surface area contributed by atoms with Gasteiger partial charge in [-0.25, -0.2) is 4.98 Å². The predicted octanol–water partition coefficient (Wildman–Crippen LogP) is 2.34. The van der Waals surface area contributed by atoms with Crippen molar-refractivity contribution in [2.75, 3.05) is 0 Å².